The van der Waals surface area contributed by atoms with Gasteiger partial charge < -0.3 is 14.6 Å². The van der Waals surface area contributed by atoms with Crippen LogP contribution < -0.4 is 0 Å². The topological polar surface area (TPSA) is 72.8 Å². The van der Waals surface area contributed by atoms with E-state index in [0.29, 0.717) is 13.0 Å². The van der Waals surface area contributed by atoms with Crippen LogP contribution in [0, 0.1) is 22.7 Å². The summed E-state index contributed by atoms with van der Waals surface area (Å²) >= 11 is 0. The Balaban J connectivity index is 1.95. The Morgan fingerprint density at radius 2 is 2.10 bits per heavy atom. The number of Topliss-reactive ketones (excluding diaryl/α,β-unsaturated/α-hetero) is 1. The zero-order valence-corrected chi connectivity index (χ0v) is 11.6. The summed E-state index contributed by atoms with van der Waals surface area (Å²) in [7, 11) is 0. The minimum Gasteiger partial charge on any atom is -0.434 e. The lowest BCUT2D eigenvalue weighted by Gasteiger charge is -2.53. The summed E-state index contributed by atoms with van der Waals surface area (Å²) in [4.78, 5) is 25.2. The minimum atomic E-state index is -1.13. The third-order valence-corrected chi connectivity index (χ3v) is 5.90. The standard InChI is InChI=1S/C15H18O5/c1-14(2)8-4-3-7-6-19-12-11(7)15(8,13(18)20-12)10(17)5-9(14)16/h3,8-9,11-12,16H,4-6H2,1-2H3. The molecule has 0 radical (unpaired) electrons. The van der Waals surface area contributed by atoms with Crippen molar-refractivity contribution in [2.24, 2.45) is 22.7 Å². The van der Waals surface area contributed by atoms with Gasteiger partial charge in [-0.1, -0.05) is 19.9 Å². The summed E-state index contributed by atoms with van der Waals surface area (Å²) in [5, 5.41) is 10.3. The zero-order chi connectivity index (χ0) is 14.3. The van der Waals surface area contributed by atoms with Gasteiger partial charge in [0.05, 0.1) is 18.6 Å². The van der Waals surface area contributed by atoms with Crippen LogP contribution in [0.3, 0.4) is 0 Å². The van der Waals surface area contributed by atoms with Gasteiger partial charge in [0.1, 0.15) is 5.41 Å². The Kier molecular flexibility index (Phi) is 2.20. The number of carbonyl (C=O) groups excluding carboxylic acids is 2. The maximum Gasteiger partial charge on any atom is 0.323 e. The predicted octanol–water partition coefficient (Wildman–Crippen LogP) is 0.808. The molecule has 1 spiro atoms. The highest BCUT2D eigenvalue weighted by atomic mass is 16.7. The first-order valence-corrected chi connectivity index (χ1v) is 7.13. The summed E-state index contributed by atoms with van der Waals surface area (Å²) in [6.07, 6.45) is 1.38. The highest BCUT2D eigenvalue weighted by molar-refractivity contribution is 6.07. The molecule has 5 nitrogen and oxygen atoms in total. The summed E-state index contributed by atoms with van der Waals surface area (Å²) in [5.41, 5.74) is -0.613. The van der Waals surface area contributed by atoms with E-state index in [1.807, 2.05) is 13.8 Å². The van der Waals surface area contributed by atoms with E-state index in [0.717, 1.165) is 5.57 Å². The molecular weight excluding hydrogens is 260 g/mol. The molecule has 0 aromatic heterocycles. The molecule has 2 aliphatic heterocycles. The quantitative estimate of drug-likeness (QED) is 0.403. The number of carbonyl (C=O) groups is 2. The molecule has 5 atom stereocenters. The molecule has 108 valence electrons. The van der Waals surface area contributed by atoms with Gasteiger partial charge in [0.2, 0.25) is 6.29 Å². The first-order chi connectivity index (χ1) is 9.40. The van der Waals surface area contributed by atoms with E-state index in [1.165, 1.54) is 0 Å². The number of aliphatic hydroxyl groups is 1. The number of rotatable bonds is 0. The molecule has 2 heterocycles. The van der Waals surface area contributed by atoms with Crippen molar-refractivity contribution in [2.45, 2.75) is 39.1 Å². The van der Waals surface area contributed by atoms with Crippen molar-refractivity contribution in [3.63, 3.8) is 0 Å². The van der Waals surface area contributed by atoms with Gasteiger partial charge in [-0.25, -0.2) is 0 Å². The maximum absolute atomic E-state index is 12.7. The molecule has 3 fully saturated rings. The molecule has 5 heteroatoms. The number of ketones is 1. The summed E-state index contributed by atoms with van der Waals surface area (Å²) < 4.78 is 10.9. The number of aliphatic hydroxyl groups excluding tert-OH is 1. The van der Waals surface area contributed by atoms with Crippen molar-refractivity contribution in [3.8, 4) is 0 Å². The predicted molar refractivity (Wildman–Crippen MR) is 67.4 cm³/mol. The fourth-order valence-electron chi connectivity index (χ4n) is 4.69. The molecular formula is C15H18O5. The van der Waals surface area contributed by atoms with Crippen LogP contribution in [-0.4, -0.2) is 35.9 Å². The summed E-state index contributed by atoms with van der Waals surface area (Å²) in [6.45, 7) is 4.31. The van der Waals surface area contributed by atoms with Crippen LogP contribution in [0.25, 0.3) is 0 Å². The molecule has 0 amide bonds. The molecule has 2 saturated heterocycles. The molecule has 2 aliphatic carbocycles. The molecule has 5 unspecified atom stereocenters. The number of esters is 1. The average molecular weight is 278 g/mol. The zero-order valence-electron chi connectivity index (χ0n) is 11.6. The Labute approximate surface area is 116 Å². The number of allylic oxidation sites excluding steroid dienone is 1. The molecule has 20 heavy (non-hydrogen) atoms. The van der Waals surface area contributed by atoms with E-state index in [1.54, 1.807) is 0 Å². The molecule has 0 aromatic rings. The van der Waals surface area contributed by atoms with E-state index >= 15 is 0 Å². The highest BCUT2D eigenvalue weighted by Gasteiger charge is 2.74. The molecule has 0 bridgehead atoms. The van der Waals surface area contributed by atoms with Crippen molar-refractivity contribution in [2.75, 3.05) is 6.61 Å². The normalized spacial score (nSPS) is 48.5. The average Bonchev–Trinajstić information content (AvgIpc) is 2.91. The van der Waals surface area contributed by atoms with Gasteiger partial charge in [-0.3, -0.25) is 9.59 Å². The van der Waals surface area contributed by atoms with E-state index in [9.17, 15) is 14.7 Å². The fraction of sp³-hybridized carbons (Fsp3) is 0.733. The second kappa shape index (κ2) is 3.52. The molecule has 4 rings (SSSR count). The van der Waals surface area contributed by atoms with Gasteiger partial charge in [-0.2, -0.15) is 0 Å². The summed E-state index contributed by atoms with van der Waals surface area (Å²) in [6, 6.07) is 0. The second-order valence-electron chi connectivity index (χ2n) is 6.96. The molecule has 4 aliphatic rings. The van der Waals surface area contributed by atoms with Crippen LogP contribution in [0.4, 0.5) is 0 Å². The van der Waals surface area contributed by atoms with Crippen molar-refractivity contribution < 1.29 is 24.2 Å². The number of hydrogen-bond donors (Lipinski definition) is 1. The monoisotopic (exact) mass is 278 g/mol. The smallest absolute Gasteiger partial charge is 0.323 e. The summed E-state index contributed by atoms with van der Waals surface area (Å²) in [5.74, 6) is -1.14. The van der Waals surface area contributed by atoms with Crippen molar-refractivity contribution >= 4 is 11.8 Å². The lowest BCUT2D eigenvalue weighted by molar-refractivity contribution is -0.175. The van der Waals surface area contributed by atoms with Crippen LogP contribution >= 0.6 is 0 Å². The lowest BCUT2D eigenvalue weighted by atomic mass is 9.47. The van der Waals surface area contributed by atoms with Crippen LogP contribution in [0.5, 0.6) is 0 Å². The third-order valence-electron chi connectivity index (χ3n) is 5.90. The van der Waals surface area contributed by atoms with Gasteiger partial charge in [-0.05, 0) is 23.3 Å². The van der Waals surface area contributed by atoms with Gasteiger partial charge in [0.15, 0.2) is 5.78 Å². The van der Waals surface area contributed by atoms with Crippen LogP contribution in [-0.2, 0) is 19.1 Å². The van der Waals surface area contributed by atoms with E-state index in [-0.39, 0.29) is 24.0 Å². The largest absolute Gasteiger partial charge is 0.434 e. The Hall–Kier alpha value is -1.20. The van der Waals surface area contributed by atoms with Gasteiger partial charge >= 0.3 is 5.97 Å². The van der Waals surface area contributed by atoms with Crippen molar-refractivity contribution in [1.29, 1.82) is 0 Å². The van der Waals surface area contributed by atoms with Crippen LogP contribution in [0.1, 0.15) is 26.7 Å². The maximum atomic E-state index is 12.7. The van der Waals surface area contributed by atoms with E-state index < -0.39 is 29.2 Å². The Morgan fingerprint density at radius 3 is 2.85 bits per heavy atom. The fourth-order valence-corrected chi connectivity index (χ4v) is 4.69. The first kappa shape index (κ1) is 12.5. The van der Waals surface area contributed by atoms with Crippen LogP contribution in [0.2, 0.25) is 0 Å². The van der Waals surface area contributed by atoms with Gasteiger partial charge in [0.25, 0.3) is 0 Å². The van der Waals surface area contributed by atoms with Crippen LogP contribution in [0.15, 0.2) is 11.6 Å². The Bertz CT molecular complexity index is 548. The molecule has 1 N–H and O–H groups in total. The lowest BCUT2D eigenvalue weighted by Crippen LogP contribution is -2.61. The number of ether oxygens (including phenoxy) is 2. The molecule has 0 aromatic carbocycles. The second-order valence-corrected chi connectivity index (χ2v) is 6.96. The van der Waals surface area contributed by atoms with Crippen molar-refractivity contribution in [1.82, 2.24) is 0 Å². The third kappa shape index (κ3) is 1.13. The van der Waals surface area contributed by atoms with Gasteiger partial charge in [0, 0.05) is 6.42 Å². The Morgan fingerprint density at radius 1 is 1.35 bits per heavy atom. The van der Waals surface area contributed by atoms with Gasteiger partial charge in [-0.15, -0.1) is 0 Å². The molecule has 1 saturated carbocycles. The van der Waals surface area contributed by atoms with E-state index in [2.05, 4.69) is 6.08 Å². The first-order valence-electron chi connectivity index (χ1n) is 7.13. The van der Waals surface area contributed by atoms with E-state index in [4.69, 9.17) is 9.47 Å². The van der Waals surface area contributed by atoms with Crippen molar-refractivity contribution in [3.05, 3.63) is 11.6 Å². The minimum absolute atomic E-state index is 0.0229. The highest BCUT2D eigenvalue weighted by Crippen LogP contribution is 2.64. The number of hydrogen-bond acceptors (Lipinski definition) is 5. The SMILES string of the molecule is CC1(C)C(O)CC(=O)C23C(=O)OC4OCC(=CCC12)C43.